The molecule has 1 rings (SSSR count). The molecule has 0 unspecified atom stereocenters. The molecule has 124 valence electrons. The number of carboxylic acid groups (broad SMARTS) is 1. The van der Waals surface area contributed by atoms with Gasteiger partial charge in [-0.3, -0.25) is 14.4 Å². The molecule has 1 aliphatic heterocycles. The maximum absolute atomic E-state index is 11.2. The Kier molecular flexibility index (Phi) is 5.83. The largest absolute Gasteiger partial charge is 0.479 e. The first-order valence-corrected chi connectivity index (χ1v) is 6.21. The lowest BCUT2D eigenvalue weighted by molar-refractivity contribution is -0.289. The van der Waals surface area contributed by atoms with E-state index in [4.69, 9.17) is 24.1 Å². The van der Waals surface area contributed by atoms with Gasteiger partial charge in [-0.25, -0.2) is 4.79 Å². The zero-order valence-corrected chi connectivity index (χ0v) is 12.0. The molecule has 10 nitrogen and oxygen atoms in total. The van der Waals surface area contributed by atoms with E-state index in [0.717, 1.165) is 20.8 Å². The predicted octanol–water partition coefficient (Wildman–Crippen LogP) is -1.42. The van der Waals surface area contributed by atoms with Crippen LogP contribution in [0, 0.1) is 0 Å². The highest BCUT2D eigenvalue weighted by Gasteiger charge is 2.53. The number of ether oxygens (including phenoxy) is 4. The van der Waals surface area contributed by atoms with Crippen molar-refractivity contribution >= 4 is 23.9 Å². The SMILES string of the molecule is CC(=O)O[C@@H]1[C@@H](OC(C)=O)[C@H](O)O[C@H](C(=O)O)[C@H]1OC(C)=O. The van der Waals surface area contributed by atoms with Crippen molar-refractivity contribution in [2.75, 3.05) is 0 Å². The zero-order valence-electron chi connectivity index (χ0n) is 12.0. The van der Waals surface area contributed by atoms with Crippen molar-refractivity contribution in [2.45, 2.75) is 51.5 Å². The second-order valence-electron chi connectivity index (χ2n) is 4.51. The third-order valence-electron chi connectivity index (χ3n) is 2.66. The number of hydrogen-bond donors (Lipinski definition) is 2. The Morgan fingerprint density at radius 3 is 1.64 bits per heavy atom. The minimum Gasteiger partial charge on any atom is -0.479 e. The molecule has 0 bridgehead atoms. The molecule has 1 fully saturated rings. The van der Waals surface area contributed by atoms with Crippen molar-refractivity contribution in [1.29, 1.82) is 0 Å². The Morgan fingerprint density at radius 1 is 0.818 bits per heavy atom. The number of hydrogen-bond acceptors (Lipinski definition) is 9. The lowest BCUT2D eigenvalue weighted by Gasteiger charge is -2.41. The molecule has 1 saturated heterocycles. The minimum atomic E-state index is -1.87. The molecule has 0 saturated carbocycles. The van der Waals surface area contributed by atoms with E-state index in [0.29, 0.717) is 0 Å². The van der Waals surface area contributed by atoms with Crippen LogP contribution in [0.25, 0.3) is 0 Å². The van der Waals surface area contributed by atoms with E-state index in [9.17, 15) is 24.3 Å². The fourth-order valence-corrected chi connectivity index (χ4v) is 1.99. The van der Waals surface area contributed by atoms with Crippen molar-refractivity contribution < 1.29 is 48.3 Å². The Labute approximate surface area is 124 Å². The number of carboxylic acids is 1. The fourth-order valence-electron chi connectivity index (χ4n) is 1.99. The quantitative estimate of drug-likeness (QED) is 0.467. The number of carbonyl (C=O) groups is 4. The second kappa shape index (κ2) is 7.18. The molecule has 0 radical (unpaired) electrons. The number of aliphatic carboxylic acids is 1. The van der Waals surface area contributed by atoms with Gasteiger partial charge in [-0.05, 0) is 0 Å². The Hall–Kier alpha value is -2.20. The highest BCUT2D eigenvalue weighted by molar-refractivity contribution is 5.75. The topological polar surface area (TPSA) is 146 Å². The molecule has 0 aromatic carbocycles. The number of rotatable bonds is 4. The molecule has 0 aromatic heterocycles. The monoisotopic (exact) mass is 320 g/mol. The Morgan fingerprint density at radius 2 is 1.23 bits per heavy atom. The first-order valence-electron chi connectivity index (χ1n) is 6.21. The van der Waals surface area contributed by atoms with Gasteiger partial charge in [-0.15, -0.1) is 0 Å². The summed E-state index contributed by atoms with van der Waals surface area (Å²) in [4.78, 5) is 44.6. The molecule has 1 heterocycles. The van der Waals surface area contributed by atoms with Crippen LogP contribution in [0.3, 0.4) is 0 Å². The summed E-state index contributed by atoms with van der Waals surface area (Å²) in [6.45, 7) is 3.06. The van der Waals surface area contributed by atoms with Crippen LogP contribution in [0.15, 0.2) is 0 Å². The highest BCUT2D eigenvalue weighted by Crippen LogP contribution is 2.27. The third-order valence-corrected chi connectivity index (χ3v) is 2.66. The van der Waals surface area contributed by atoms with Crippen molar-refractivity contribution in [3.05, 3.63) is 0 Å². The summed E-state index contributed by atoms with van der Waals surface area (Å²) in [7, 11) is 0. The van der Waals surface area contributed by atoms with Crippen LogP contribution in [0.4, 0.5) is 0 Å². The van der Waals surface area contributed by atoms with Crippen LogP contribution in [-0.2, 0) is 38.1 Å². The van der Waals surface area contributed by atoms with Crippen molar-refractivity contribution in [2.24, 2.45) is 0 Å². The van der Waals surface area contributed by atoms with Gasteiger partial charge in [0.25, 0.3) is 0 Å². The van der Waals surface area contributed by atoms with E-state index in [1.807, 2.05) is 0 Å². The number of aliphatic hydroxyl groups excluding tert-OH is 1. The van der Waals surface area contributed by atoms with E-state index >= 15 is 0 Å². The van der Waals surface area contributed by atoms with Gasteiger partial charge in [0, 0.05) is 20.8 Å². The maximum Gasteiger partial charge on any atom is 0.337 e. The average molecular weight is 320 g/mol. The maximum atomic E-state index is 11.2. The van der Waals surface area contributed by atoms with Gasteiger partial charge in [0.2, 0.25) is 0 Å². The van der Waals surface area contributed by atoms with Gasteiger partial charge in [0.15, 0.2) is 30.7 Å². The van der Waals surface area contributed by atoms with E-state index < -0.39 is 54.6 Å². The zero-order chi connectivity index (χ0) is 17.0. The molecule has 1 aliphatic rings. The van der Waals surface area contributed by atoms with Crippen LogP contribution in [0.1, 0.15) is 20.8 Å². The van der Waals surface area contributed by atoms with Gasteiger partial charge in [0.05, 0.1) is 0 Å². The normalized spacial score (nSPS) is 31.0. The fraction of sp³-hybridized carbons (Fsp3) is 0.667. The average Bonchev–Trinajstić information content (AvgIpc) is 2.34. The van der Waals surface area contributed by atoms with E-state index in [1.165, 1.54) is 0 Å². The predicted molar refractivity (Wildman–Crippen MR) is 65.2 cm³/mol. The van der Waals surface area contributed by atoms with Gasteiger partial charge < -0.3 is 29.2 Å². The molecule has 0 aromatic rings. The Bertz CT molecular complexity index is 473. The molecule has 2 N–H and O–H groups in total. The summed E-state index contributed by atoms with van der Waals surface area (Å²) >= 11 is 0. The summed E-state index contributed by atoms with van der Waals surface area (Å²) < 4.78 is 19.3. The summed E-state index contributed by atoms with van der Waals surface area (Å²) in [5.41, 5.74) is 0. The molecular weight excluding hydrogens is 304 g/mol. The minimum absolute atomic E-state index is 0.833. The molecule has 0 aliphatic carbocycles. The lowest BCUT2D eigenvalue weighted by Crippen LogP contribution is -2.63. The van der Waals surface area contributed by atoms with Crippen molar-refractivity contribution in [3.63, 3.8) is 0 Å². The smallest absolute Gasteiger partial charge is 0.337 e. The summed E-state index contributed by atoms with van der Waals surface area (Å²) in [6.07, 6.45) is -8.33. The summed E-state index contributed by atoms with van der Waals surface area (Å²) in [5.74, 6) is -4.10. The number of aliphatic hydroxyl groups is 1. The lowest BCUT2D eigenvalue weighted by atomic mass is 9.98. The molecule has 22 heavy (non-hydrogen) atoms. The second-order valence-corrected chi connectivity index (χ2v) is 4.51. The standard InChI is InChI=1S/C12H16O10/c1-4(13)19-7-8(20-5(2)14)10(21-6(3)15)12(18)22-9(7)11(16)17/h7-10,12,18H,1-3H3,(H,16,17)/t7-,8-,9-,10+,12+/m0/s1. The van der Waals surface area contributed by atoms with Crippen molar-refractivity contribution in [3.8, 4) is 0 Å². The summed E-state index contributed by atoms with van der Waals surface area (Å²) in [6, 6.07) is 0. The molecule has 5 atom stereocenters. The van der Waals surface area contributed by atoms with Crippen molar-refractivity contribution in [1.82, 2.24) is 0 Å². The molecule has 0 spiro atoms. The first-order chi connectivity index (χ1) is 10.1. The van der Waals surface area contributed by atoms with Crippen LogP contribution in [-0.4, -0.2) is 64.8 Å². The van der Waals surface area contributed by atoms with E-state index in [1.54, 1.807) is 0 Å². The van der Waals surface area contributed by atoms with Crippen LogP contribution in [0.5, 0.6) is 0 Å². The third kappa shape index (κ3) is 4.40. The summed E-state index contributed by atoms with van der Waals surface area (Å²) in [5, 5.41) is 18.9. The van der Waals surface area contributed by atoms with Gasteiger partial charge in [-0.1, -0.05) is 0 Å². The molecule has 10 heteroatoms. The van der Waals surface area contributed by atoms with Crippen LogP contribution in [0.2, 0.25) is 0 Å². The Balaban J connectivity index is 3.18. The number of esters is 3. The highest BCUT2D eigenvalue weighted by atomic mass is 16.7. The first kappa shape index (κ1) is 17.9. The van der Waals surface area contributed by atoms with E-state index in [2.05, 4.69) is 0 Å². The van der Waals surface area contributed by atoms with Gasteiger partial charge >= 0.3 is 23.9 Å². The van der Waals surface area contributed by atoms with Gasteiger partial charge in [0.1, 0.15) is 0 Å². The van der Waals surface area contributed by atoms with E-state index in [-0.39, 0.29) is 0 Å². The molecule has 0 amide bonds. The van der Waals surface area contributed by atoms with Gasteiger partial charge in [-0.2, -0.15) is 0 Å². The van der Waals surface area contributed by atoms with Crippen LogP contribution < -0.4 is 0 Å². The van der Waals surface area contributed by atoms with Crippen LogP contribution >= 0.6 is 0 Å². The molecular formula is C12H16O10. The number of carbonyl (C=O) groups excluding carboxylic acids is 3.